The summed E-state index contributed by atoms with van der Waals surface area (Å²) in [5, 5.41) is 0. The molecular weight excluding hydrogens is 188 g/mol. The number of rotatable bonds is 3. The van der Waals surface area contributed by atoms with Crippen molar-refractivity contribution in [2.45, 2.75) is 20.3 Å². The highest BCUT2D eigenvalue weighted by molar-refractivity contribution is 5.84. The summed E-state index contributed by atoms with van der Waals surface area (Å²) >= 11 is 0. The molecule has 3 nitrogen and oxygen atoms in total. The minimum atomic E-state index is -0.536. The lowest BCUT2D eigenvalue weighted by molar-refractivity contribution is -0.879. The van der Waals surface area contributed by atoms with Crippen LogP contribution in [0.3, 0.4) is 0 Å². The Labute approximate surface area is 92.5 Å². The lowest BCUT2D eigenvalue weighted by Crippen LogP contribution is -2.45. The van der Waals surface area contributed by atoms with Gasteiger partial charge in [0, 0.05) is 12.3 Å². The molecule has 0 aromatic carbocycles. The second-order valence-electron chi connectivity index (χ2n) is 5.67. The molecule has 86 valence electrons. The first-order valence-corrected chi connectivity index (χ1v) is 5.48. The number of hydrogen-bond donors (Lipinski definition) is 1. The van der Waals surface area contributed by atoms with E-state index in [0.29, 0.717) is 5.92 Å². The van der Waals surface area contributed by atoms with Crippen molar-refractivity contribution in [3.63, 3.8) is 0 Å². The molecule has 1 heterocycles. The van der Waals surface area contributed by atoms with Crippen LogP contribution in [0.15, 0.2) is 12.2 Å². The van der Waals surface area contributed by atoms with Gasteiger partial charge in [-0.05, 0) is 13.8 Å². The zero-order chi connectivity index (χ0) is 11.9. The van der Waals surface area contributed by atoms with Gasteiger partial charge < -0.3 is 10.2 Å². The Morgan fingerprint density at radius 2 is 2.07 bits per heavy atom. The molecule has 0 aromatic rings. The fourth-order valence-electron chi connectivity index (χ4n) is 2.52. The molecule has 1 aliphatic rings. The third kappa shape index (κ3) is 2.07. The van der Waals surface area contributed by atoms with E-state index in [9.17, 15) is 4.79 Å². The van der Waals surface area contributed by atoms with Crippen LogP contribution in [0.4, 0.5) is 0 Å². The molecule has 0 spiro atoms. The standard InChI is InChI=1S/C12H22N2O/c1-9(2)12(3,11(13)15)10-6-7-14(4,5)8-10/h10H,1,6-8H2,2-5H3,(H-,13,15)/p+1. The number of nitrogens with zero attached hydrogens (tertiary/aromatic N) is 1. The van der Waals surface area contributed by atoms with Crippen LogP contribution in [0.1, 0.15) is 20.3 Å². The number of amides is 1. The molecule has 3 heteroatoms. The number of carbonyl (C=O) groups is 1. The molecule has 1 rings (SSSR count). The number of primary amides is 1. The van der Waals surface area contributed by atoms with Crippen molar-refractivity contribution in [1.82, 2.24) is 0 Å². The van der Waals surface area contributed by atoms with Crippen LogP contribution in [0.25, 0.3) is 0 Å². The number of hydrogen-bond acceptors (Lipinski definition) is 1. The van der Waals surface area contributed by atoms with Crippen molar-refractivity contribution in [3.8, 4) is 0 Å². The van der Waals surface area contributed by atoms with Gasteiger partial charge in [0.2, 0.25) is 5.91 Å². The summed E-state index contributed by atoms with van der Waals surface area (Å²) in [6.45, 7) is 9.90. The average molecular weight is 211 g/mol. The van der Waals surface area contributed by atoms with Crippen LogP contribution < -0.4 is 5.73 Å². The van der Waals surface area contributed by atoms with Crippen LogP contribution in [0.5, 0.6) is 0 Å². The SMILES string of the molecule is C=C(C)C(C)(C(N)=O)C1CC[N+](C)(C)C1. The third-order valence-corrected chi connectivity index (χ3v) is 4.01. The third-order valence-electron chi connectivity index (χ3n) is 4.01. The molecule has 0 bridgehead atoms. The highest BCUT2D eigenvalue weighted by atomic mass is 16.1. The Kier molecular flexibility index (Phi) is 2.97. The van der Waals surface area contributed by atoms with Gasteiger partial charge in [-0.3, -0.25) is 4.79 Å². The second kappa shape index (κ2) is 3.63. The molecule has 0 aromatic heterocycles. The van der Waals surface area contributed by atoms with Crippen LogP contribution in [-0.2, 0) is 4.79 Å². The zero-order valence-electron chi connectivity index (χ0n) is 10.3. The van der Waals surface area contributed by atoms with Gasteiger partial charge in [0.1, 0.15) is 0 Å². The van der Waals surface area contributed by atoms with E-state index in [0.717, 1.165) is 29.6 Å². The van der Waals surface area contributed by atoms with E-state index in [1.807, 2.05) is 13.8 Å². The first-order valence-electron chi connectivity index (χ1n) is 5.48. The molecule has 2 atom stereocenters. The van der Waals surface area contributed by atoms with Crippen molar-refractivity contribution < 1.29 is 9.28 Å². The zero-order valence-corrected chi connectivity index (χ0v) is 10.3. The van der Waals surface area contributed by atoms with Gasteiger partial charge in [-0.2, -0.15) is 0 Å². The Morgan fingerprint density at radius 1 is 1.53 bits per heavy atom. The highest BCUT2D eigenvalue weighted by Crippen LogP contribution is 2.40. The molecule has 2 unspecified atom stereocenters. The first-order chi connectivity index (χ1) is 6.70. The monoisotopic (exact) mass is 211 g/mol. The first kappa shape index (κ1) is 12.2. The Hall–Kier alpha value is -0.830. The van der Waals surface area contributed by atoms with E-state index in [1.165, 1.54) is 0 Å². The van der Waals surface area contributed by atoms with Gasteiger partial charge >= 0.3 is 0 Å². The largest absolute Gasteiger partial charge is 0.369 e. The molecule has 1 fully saturated rings. The van der Waals surface area contributed by atoms with E-state index in [4.69, 9.17) is 5.73 Å². The number of quaternary nitrogens is 1. The van der Waals surface area contributed by atoms with Crippen molar-refractivity contribution in [2.75, 3.05) is 27.2 Å². The van der Waals surface area contributed by atoms with Crippen molar-refractivity contribution >= 4 is 5.91 Å². The van der Waals surface area contributed by atoms with Gasteiger partial charge in [-0.1, -0.05) is 12.2 Å². The average Bonchev–Trinajstić information content (AvgIpc) is 2.44. The van der Waals surface area contributed by atoms with Crippen LogP contribution in [0.2, 0.25) is 0 Å². The van der Waals surface area contributed by atoms with Gasteiger partial charge in [0.05, 0.1) is 32.6 Å². The quantitative estimate of drug-likeness (QED) is 0.552. The molecule has 0 radical (unpaired) electrons. The summed E-state index contributed by atoms with van der Waals surface area (Å²) in [5.74, 6) is 0.101. The van der Waals surface area contributed by atoms with Crippen molar-refractivity contribution in [3.05, 3.63) is 12.2 Å². The lowest BCUT2D eigenvalue weighted by Gasteiger charge is -2.33. The van der Waals surface area contributed by atoms with Crippen molar-refractivity contribution in [2.24, 2.45) is 17.1 Å². The molecule has 2 N–H and O–H groups in total. The number of carbonyl (C=O) groups excluding carboxylic acids is 1. The summed E-state index contributed by atoms with van der Waals surface area (Å²) in [4.78, 5) is 11.6. The van der Waals surface area contributed by atoms with Crippen LogP contribution >= 0.6 is 0 Å². The molecule has 1 saturated heterocycles. The fraction of sp³-hybridized carbons (Fsp3) is 0.750. The van der Waals surface area contributed by atoms with Crippen LogP contribution in [0, 0.1) is 11.3 Å². The predicted octanol–water partition coefficient (Wildman–Crippen LogP) is 1.15. The molecule has 0 saturated carbocycles. The maximum atomic E-state index is 11.6. The van der Waals surface area contributed by atoms with E-state index < -0.39 is 5.41 Å². The van der Waals surface area contributed by atoms with E-state index in [1.54, 1.807) is 0 Å². The molecule has 1 amide bonds. The summed E-state index contributed by atoms with van der Waals surface area (Å²) < 4.78 is 0.973. The molecular formula is C12H23N2O+. The summed E-state index contributed by atoms with van der Waals surface area (Å²) in [6, 6.07) is 0. The normalized spacial score (nSPS) is 28.4. The molecule has 0 aliphatic carbocycles. The maximum absolute atomic E-state index is 11.6. The molecule has 15 heavy (non-hydrogen) atoms. The van der Waals surface area contributed by atoms with Gasteiger partial charge in [0.15, 0.2) is 0 Å². The van der Waals surface area contributed by atoms with Gasteiger partial charge in [-0.15, -0.1) is 0 Å². The summed E-state index contributed by atoms with van der Waals surface area (Å²) in [5.41, 5.74) is 5.89. The Bertz CT molecular complexity index is 280. The molecule has 1 aliphatic heterocycles. The lowest BCUT2D eigenvalue weighted by atomic mass is 9.71. The highest BCUT2D eigenvalue weighted by Gasteiger charge is 2.47. The number of likely N-dealkylation sites (tertiary alicyclic amines) is 1. The van der Waals surface area contributed by atoms with Crippen LogP contribution in [-0.4, -0.2) is 37.6 Å². The Morgan fingerprint density at radius 3 is 2.33 bits per heavy atom. The topological polar surface area (TPSA) is 43.1 Å². The maximum Gasteiger partial charge on any atom is 0.227 e. The smallest absolute Gasteiger partial charge is 0.227 e. The minimum absolute atomic E-state index is 0.234. The minimum Gasteiger partial charge on any atom is -0.369 e. The van der Waals surface area contributed by atoms with Crippen molar-refractivity contribution in [1.29, 1.82) is 0 Å². The fourth-order valence-corrected chi connectivity index (χ4v) is 2.52. The predicted molar refractivity (Wildman–Crippen MR) is 62.1 cm³/mol. The van der Waals surface area contributed by atoms with Gasteiger partial charge in [-0.25, -0.2) is 0 Å². The number of nitrogens with two attached hydrogens (primary N) is 1. The Balaban J connectivity index is 2.94. The van der Waals surface area contributed by atoms with E-state index in [2.05, 4.69) is 20.7 Å². The van der Waals surface area contributed by atoms with E-state index >= 15 is 0 Å². The summed E-state index contributed by atoms with van der Waals surface area (Å²) in [7, 11) is 4.39. The second-order valence-corrected chi connectivity index (χ2v) is 5.67. The van der Waals surface area contributed by atoms with Gasteiger partial charge in [0.25, 0.3) is 0 Å². The van der Waals surface area contributed by atoms with E-state index in [-0.39, 0.29) is 5.91 Å². The summed E-state index contributed by atoms with van der Waals surface area (Å²) in [6.07, 6.45) is 1.05.